The predicted octanol–water partition coefficient (Wildman–Crippen LogP) is 1.10. The molecule has 96 valence electrons. The Labute approximate surface area is 111 Å². The van der Waals surface area contributed by atoms with Crippen molar-refractivity contribution < 1.29 is 14.3 Å². The van der Waals surface area contributed by atoms with Gasteiger partial charge >= 0.3 is 0 Å². The summed E-state index contributed by atoms with van der Waals surface area (Å²) in [6, 6.07) is 6.64. The molecule has 1 aromatic rings. The summed E-state index contributed by atoms with van der Waals surface area (Å²) in [7, 11) is 1.48. The quantitative estimate of drug-likeness (QED) is 0.485. The van der Waals surface area contributed by atoms with Crippen LogP contribution >= 0.6 is 0 Å². The fraction of sp³-hybridized carbons (Fsp3) is 0.143. The van der Waals surface area contributed by atoms with Crippen molar-refractivity contribution in [3.63, 3.8) is 0 Å². The van der Waals surface area contributed by atoms with Crippen molar-refractivity contribution in [1.29, 1.82) is 5.26 Å². The van der Waals surface area contributed by atoms with E-state index in [-0.39, 0.29) is 12.2 Å². The molecule has 1 aromatic carbocycles. The number of terminal acetylenes is 1. The van der Waals surface area contributed by atoms with Crippen LogP contribution in [0, 0.1) is 23.7 Å². The van der Waals surface area contributed by atoms with Crippen molar-refractivity contribution >= 4 is 12.0 Å². The molecule has 1 rings (SSSR count). The van der Waals surface area contributed by atoms with E-state index in [0.29, 0.717) is 17.1 Å². The lowest BCUT2D eigenvalue weighted by Gasteiger charge is -2.09. The van der Waals surface area contributed by atoms with Crippen LogP contribution < -0.4 is 15.2 Å². The minimum Gasteiger partial charge on any atom is -0.493 e. The van der Waals surface area contributed by atoms with Gasteiger partial charge < -0.3 is 15.2 Å². The van der Waals surface area contributed by atoms with Gasteiger partial charge in [0.25, 0.3) is 5.91 Å². The summed E-state index contributed by atoms with van der Waals surface area (Å²) in [5.74, 6) is 2.49. The SMILES string of the molecule is C#CCOc1ccc(/C=C(\C#N)C(N)=O)cc1OC. The van der Waals surface area contributed by atoms with Crippen LogP contribution in [0.4, 0.5) is 0 Å². The van der Waals surface area contributed by atoms with E-state index in [9.17, 15) is 4.79 Å². The number of carbonyl (C=O) groups is 1. The molecule has 0 aliphatic rings. The first-order valence-corrected chi connectivity index (χ1v) is 5.28. The number of rotatable bonds is 5. The maximum atomic E-state index is 11.0. The molecule has 0 saturated heterocycles. The van der Waals surface area contributed by atoms with Gasteiger partial charge in [0.1, 0.15) is 18.2 Å². The van der Waals surface area contributed by atoms with E-state index in [2.05, 4.69) is 5.92 Å². The van der Waals surface area contributed by atoms with Crippen LogP contribution in [-0.2, 0) is 4.79 Å². The van der Waals surface area contributed by atoms with Crippen molar-refractivity contribution in [3.8, 4) is 29.9 Å². The van der Waals surface area contributed by atoms with Crippen molar-refractivity contribution in [2.24, 2.45) is 5.73 Å². The third kappa shape index (κ3) is 3.79. The largest absolute Gasteiger partial charge is 0.493 e. The second kappa shape index (κ2) is 6.73. The average molecular weight is 256 g/mol. The molecule has 0 saturated carbocycles. The molecule has 0 aliphatic carbocycles. The number of ether oxygens (including phenoxy) is 2. The van der Waals surface area contributed by atoms with Gasteiger partial charge in [-0.05, 0) is 23.8 Å². The second-order valence-electron chi connectivity index (χ2n) is 3.44. The molecule has 0 bridgehead atoms. The van der Waals surface area contributed by atoms with Crippen LogP contribution in [0.3, 0.4) is 0 Å². The van der Waals surface area contributed by atoms with Gasteiger partial charge in [0.2, 0.25) is 0 Å². The maximum absolute atomic E-state index is 11.0. The topological polar surface area (TPSA) is 85.3 Å². The molecule has 0 atom stereocenters. The predicted molar refractivity (Wildman–Crippen MR) is 70.1 cm³/mol. The van der Waals surface area contributed by atoms with Crippen LogP contribution in [0.15, 0.2) is 23.8 Å². The molecular formula is C14H12N2O3. The molecule has 0 unspecified atom stereocenters. The number of hydrogen-bond acceptors (Lipinski definition) is 4. The summed E-state index contributed by atoms with van der Waals surface area (Å²) in [5, 5.41) is 8.76. The van der Waals surface area contributed by atoms with Gasteiger partial charge in [-0.2, -0.15) is 5.26 Å². The Balaban J connectivity index is 3.11. The van der Waals surface area contributed by atoms with E-state index in [1.807, 2.05) is 0 Å². The van der Waals surface area contributed by atoms with E-state index in [0.717, 1.165) is 0 Å². The second-order valence-corrected chi connectivity index (χ2v) is 3.44. The molecule has 0 heterocycles. The third-order valence-electron chi connectivity index (χ3n) is 2.20. The molecule has 0 aromatic heterocycles. The Hall–Kier alpha value is -2.92. The van der Waals surface area contributed by atoms with E-state index in [4.69, 9.17) is 26.9 Å². The number of benzene rings is 1. The lowest BCUT2D eigenvalue weighted by molar-refractivity contribution is -0.114. The number of amides is 1. The van der Waals surface area contributed by atoms with E-state index < -0.39 is 5.91 Å². The maximum Gasteiger partial charge on any atom is 0.259 e. The van der Waals surface area contributed by atoms with Gasteiger partial charge in [-0.25, -0.2) is 0 Å². The van der Waals surface area contributed by atoms with E-state index in [1.54, 1.807) is 24.3 Å². The zero-order valence-corrected chi connectivity index (χ0v) is 10.3. The molecular weight excluding hydrogens is 244 g/mol. The molecule has 0 aliphatic heterocycles. The summed E-state index contributed by atoms with van der Waals surface area (Å²) in [4.78, 5) is 11.0. The minimum absolute atomic E-state index is 0.121. The highest BCUT2D eigenvalue weighted by Gasteiger charge is 2.07. The molecule has 5 heteroatoms. The number of nitrogens with zero attached hydrogens (tertiary/aromatic N) is 1. The Morgan fingerprint density at radius 2 is 2.26 bits per heavy atom. The number of hydrogen-bond donors (Lipinski definition) is 1. The van der Waals surface area contributed by atoms with Gasteiger partial charge in [-0.3, -0.25) is 4.79 Å². The number of nitrogens with two attached hydrogens (primary N) is 1. The number of carbonyl (C=O) groups excluding carboxylic acids is 1. The van der Waals surface area contributed by atoms with Gasteiger partial charge in [-0.15, -0.1) is 6.42 Å². The summed E-state index contributed by atoms with van der Waals surface area (Å²) in [6.07, 6.45) is 6.47. The fourth-order valence-corrected chi connectivity index (χ4v) is 1.34. The van der Waals surface area contributed by atoms with Gasteiger partial charge in [-0.1, -0.05) is 12.0 Å². The third-order valence-corrected chi connectivity index (χ3v) is 2.20. The van der Waals surface area contributed by atoms with Crippen molar-refractivity contribution in [3.05, 3.63) is 29.3 Å². The standard InChI is InChI=1S/C14H12N2O3/c1-3-6-19-12-5-4-10(8-13(12)18-2)7-11(9-15)14(16)17/h1,4-5,7-8H,6H2,2H3,(H2,16,17)/b11-7+. The lowest BCUT2D eigenvalue weighted by Crippen LogP contribution is -2.12. The lowest BCUT2D eigenvalue weighted by atomic mass is 10.1. The molecule has 1 amide bonds. The van der Waals surface area contributed by atoms with Crippen molar-refractivity contribution in [1.82, 2.24) is 0 Å². The summed E-state index contributed by atoms with van der Waals surface area (Å²) in [6.45, 7) is 0.121. The van der Waals surface area contributed by atoms with Gasteiger partial charge in [0, 0.05) is 0 Å². The molecule has 0 radical (unpaired) electrons. The molecule has 0 spiro atoms. The first-order valence-electron chi connectivity index (χ1n) is 5.28. The highest BCUT2D eigenvalue weighted by Crippen LogP contribution is 2.28. The van der Waals surface area contributed by atoms with Crippen molar-refractivity contribution in [2.45, 2.75) is 0 Å². The summed E-state index contributed by atoms with van der Waals surface area (Å²) in [5.41, 5.74) is 5.51. The Morgan fingerprint density at radius 3 is 2.79 bits per heavy atom. The number of nitriles is 1. The van der Waals surface area contributed by atoms with Crippen LogP contribution in [0.25, 0.3) is 6.08 Å². The Morgan fingerprint density at radius 1 is 1.53 bits per heavy atom. The number of methoxy groups -OCH3 is 1. The van der Waals surface area contributed by atoms with E-state index in [1.165, 1.54) is 13.2 Å². The zero-order valence-electron chi connectivity index (χ0n) is 10.3. The monoisotopic (exact) mass is 256 g/mol. The zero-order chi connectivity index (χ0) is 14.3. The number of primary amides is 1. The van der Waals surface area contributed by atoms with E-state index >= 15 is 0 Å². The molecule has 0 fully saturated rings. The van der Waals surface area contributed by atoms with Gasteiger partial charge in [0.15, 0.2) is 11.5 Å². The molecule has 19 heavy (non-hydrogen) atoms. The van der Waals surface area contributed by atoms with Crippen molar-refractivity contribution in [2.75, 3.05) is 13.7 Å². The Bertz CT molecular complexity index is 592. The minimum atomic E-state index is -0.783. The smallest absolute Gasteiger partial charge is 0.259 e. The Kier molecular flexibility index (Phi) is 5.01. The average Bonchev–Trinajstić information content (AvgIpc) is 2.42. The molecule has 5 nitrogen and oxygen atoms in total. The highest BCUT2D eigenvalue weighted by atomic mass is 16.5. The summed E-state index contributed by atoms with van der Waals surface area (Å²) >= 11 is 0. The van der Waals surface area contributed by atoms with Crippen LogP contribution in [-0.4, -0.2) is 19.6 Å². The first kappa shape index (κ1) is 14.1. The highest BCUT2D eigenvalue weighted by molar-refractivity contribution is 6.00. The molecule has 2 N–H and O–H groups in total. The first-order chi connectivity index (χ1) is 9.12. The van der Waals surface area contributed by atoms with Crippen LogP contribution in [0.5, 0.6) is 11.5 Å². The van der Waals surface area contributed by atoms with Crippen LogP contribution in [0.1, 0.15) is 5.56 Å². The van der Waals surface area contributed by atoms with Crippen LogP contribution in [0.2, 0.25) is 0 Å². The fourth-order valence-electron chi connectivity index (χ4n) is 1.34. The van der Waals surface area contributed by atoms with Gasteiger partial charge in [0.05, 0.1) is 7.11 Å². The normalized spacial score (nSPS) is 10.2. The summed E-state index contributed by atoms with van der Waals surface area (Å²) < 4.78 is 10.4.